The van der Waals surface area contributed by atoms with E-state index in [4.69, 9.17) is 10.5 Å². The predicted octanol–water partition coefficient (Wildman–Crippen LogP) is 0.861. The summed E-state index contributed by atoms with van der Waals surface area (Å²) in [7, 11) is 0. The number of rotatable bonds is 7. The highest BCUT2D eigenvalue weighted by Gasteiger charge is 1.98. The maximum atomic E-state index is 5.42. The third-order valence-electron chi connectivity index (χ3n) is 1.70. The van der Waals surface area contributed by atoms with Crippen LogP contribution >= 0.6 is 0 Å². The fraction of sp³-hybridized carbons (Fsp3) is 0.778. The van der Waals surface area contributed by atoms with Gasteiger partial charge in [-0.15, -0.1) is 5.10 Å². The maximum absolute atomic E-state index is 5.42. The molecule has 1 heterocycles. The lowest BCUT2D eigenvalue weighted by Gasteiger charge is -2.06. The molecule has 6 nitrogen and oxygen atoms in total. The molecule has 0 bridgehead atoms. The number of anilines is 2. The summed E-state index contributed by atoms with van der Waals surface area (Å²) in [5.74, 6) is 1.45. The average molecular weight is 213 g/mol. The highest BCUT2D eigenvalue weighted by atomic mass is 16.5. The number of nitrogen functional groups attached to an aromatic ring is 1. The number of H-pyrrole nitrogens is 1. The number of aromatic nitrogens is 3. The molecule has 15 heavy (non-hydrogen) atoms. The molecule has 0 amide bonds. The lowest BCUT2D eigenvalue weighted by Crippen LogP contribution is -2.09. The molecule has 0 fully saturated rings. The van der Waals surface area contributed by atoms with Gasteiger partial charge in [-0.05, 0) is 12.3 Å². The molecule has 86 valence electrons. The van der Waals surface area contributed by atoms with E-state index in [9.17, 15) is 0 Å². The van der Waals surface area contributed by atoms with Gasteiger partial charge in [-0.3, -0.25) is 0 Å². The van der Waals surface area contributed by atoms with Gasteiger partial charge in [0, 0.05) is 19.8 Å². The van der Waals surface area contributed by atoms with Gasteiger partial charge in [-0.2, -0.15) is 4.98 Å². The van der Waals surface area contributed by atoms with Gasteiger partial charge in [0.05, 0.1) is 0 Å². The van der Waals surface area contributed by atoms with Crippen molar-refractivity contribution in [3.63, 3.8) is 0 Å². The molecule has 0 spiro atoms. The summed E-state index contributed by atoms with van der Waals surface area (Å²) in [4.78, 5) is 3.92. The summed E-state index contributed by atoms with van der Waals surface area (Å²) in [6, 6.07) is 0. The van der Waals surface area contributed by atoms with Crippen LogP contribution in [0.1, 0.15) is 20.3 Å². The molecule has 0 saturated heterocycles. The minimum atomic E-state index is 0.327. The van der Waals surface area contributed by atoms with Gasteiger partial charge in [0.25, 0.3) is 0 Å². The van der Waals surface area contributed by atoms with E-state index in [1.54, 1.807) is 0 Å². The Bertz CT molecular complexity index is 273. The molecule has 0 unspecified atom stereocenters. The zero-order valence-electron chi connectivity index (χ0n) is 9.29. The molecule has 0 aromatic carbocycles. The van der Waals surface area contributed by atoms with Crippen molar-refractivity contribution < 1.29 is 4.74 Å². The first-order valence-electron chi connectivity index (χ1n) is 5.18. The van der Waals surface area contributed by atoms with Gasteiger partial charge in [0.2, 0.25) is 11.9 Å². The van der Waals surface area contributed by atoms with Gasteiger partial charge in [-0.25, -0.2) is 5.10 Å². The third kappa shape index (κ3) is 5.21. The topological polar surface area (TPSA) is 88.8 Å². The predicted molar refractivity (Wildman–Crippen MR) is 59.6 cm³/mol. The van der Waals surface area contributed by atoms with Crippen molar-refractivity contribution in [2.45, 2.75) is 20.3 Å². The van der Waals surface area contributed by atoms with Crippen molar-refractivity contribution in [1.29, 1.82) is 0 Å². The number of nitrogens with two attached hydrogens (primary N) is 1. The molecular weight excluding hydrogens is 194 g/mol. The Labute approximate surface area is 89.6 Å². The molecule has 1 aromatic heterocycles. The highest BCUT2D eigenvalue weighted by Crippen LogP contribution is 1.99. The number of ether oxygens (including phenoxy) is 1. The van der Waals surface area contributed by atoms with Crippen LogP contribution in [0.15, 0.2) is 0 Å². The Hall–Kier alpha value is -1.30. The summed E-state index contributed by atoms with van der Waals surface area (Å²) >= 11 is 0. The fourth-order valence-corrected chi connectivity index (χ4v) is 1.05. The molecule has 0 aliphatic heterocycles. The standard InChI is InChI=1S/C9H19N5O/c1-7(2)6-15-5-3-4-11-9-12-8(10)13-14-9/h7H,3-6H2,1-2H3,(H4,10,11,12,13,14). The van der Waals surface area contributed by atoms with Crippen molar-refractivity contribution in [2.75, 3.05) is 30.8 Å². The molecule has 0 atom stereocenters. The summed E-state index contributed by atoms with van der Waals surface area (Å²) in [5, 5.41) is 9.45. The maximum Gasteiger partial charge on any atom is 0.243 e. The smallest absolute Gasteiger partial charge is 0.243 e. The van der Waals surface area contributed by atoms with Crippen LogP contribution in [0.25, 0.3) is 0 Å². The second-order valence-electron chi connectivity index (χ2n) is 3.79. The first-order valence-corrected chi connectivity index (χ1v) is 5.18. The minimum absolute atomic E-state index is 0.327. The van der Waals surface area contributed by atoms with E-state index in [0.29, 0.717) is 17.8 Å². The van der Waals surface area contributed by atoms with Crippen LogP contribution < -0.4 is 11.1 Å². The Kier molecular flexibility index (Phi) is 4.89. The first kappa shape index (κ1) is 11.8. The van der Waals surface area contributed by atoms with E-state index in [1.165, 1.54) is 0 Å². The van der Waals surface area contributed by atoms with Gasteiger partial charge in [0.15, 0.2) is 0 Å². The van der Waals surface area contributed by atoms with E-state index in [0.717, 1.165) is 26.2 Å². The largest absolute Gasteiger partial charge is 0.381 e. The number of aromatic amines is 1. The molecule has 6 heteroatoms. The van der Waals surface area contributed by atoms with Crippen LogP contribution in [0.2, 0.25) is 0 Å². The Morgan fingerprint density at radius 1 is 1.53 bits per heavy atom. The van der Waals surface area contributed by atoms with Gasteiger partial charge >= 0.3 is 0 Å². The number of nitrogens with zero attached hydrogens (tertiary/aromatic N) is 2. The quantitative estimate of drug-likeness (QED) is 0.585. The van der Waals surface area contributed by atoms with Crippen molar-refractivity contribution >= 4 is 11.9 Å². The summed E-state index contributed by atoms with van der Waals surface area (Å²) < 4.78 is 5.42. The second kappa shape index (κ2) is 6.23. The summed E-state index contributed by atoms with van der Waals surface area (Å²) in [6.07, 6.45) is 0.932. The average Bonchev–Trinajstić information content (AvgIpc) is 2.57. The molecule has 1 aromatic rings. The van der Waals surface area contributed by atoms with E-state index >= 15 is 0 Å². The van der Waals surface area contributed by atoms with Crippen LogP contribution in [-0.2, 0) is 4.74 Å². The molecule has 0 radical (unpaired) electrons. The summed E-state index contributed by atoms with van der Waals surface area (Å²) in [5.41, 5.74) is 5.37. The molecular formula is C9H19N5O. The van der Waals surface area contributed by atoms with Crippen LogP contribution in [-0.4, -0.2) is 34.9 Å². The van der Waals surface area contributed by atoms with E-state index in [2.05, 4.69) is 34.3 Å². The van der Waals surface area contributed by atoms with Gasteiger partial charge in [0.1, 0.15) is 0 Å². The van der Waals surface area contributed by atoms with Crippen molar-refractivity contribution in [1.82, 2.24) is 15.2 Å². The van der Waals surface area contributed by atoms with Crippen LogP contribution in [0.3, 0.4) is 0 Å². The molecule has 4 N–H and O–H groups in total. The number of hydrogen-bond acceptors (Lipinski definition) is 5. The number of hydrogen-bond donors (Lipinski definition) is 3. The second-order valence-corrected chi connectivity index (χ2v) is 3.79. The van der Waals surface area contributed by atoms with Crippen molar-refractivity contribution in [3.8, 4) is 0 Å². The molecule has 0 saturated carbocycles. The van der Waals surface area contributed by atoms with E-state index in [-0.39, 0.29) is 0 Å². The molecule has 0 aliphatic carbocycles. The Morgan fingerprint density at radius 2 is 2.33 bits per heavy atom. The van der Waals surface area contributed by atoms with Crippen LogP contribution in [0, 0.1) is 5.92 Å². The minimum Gasteiger partial charge on any atom is -0.381 e. The van der Waals surface area contributed by atoms with E-state index < -0.39 is 0 Å². The zero-order chi connectivity index (χ0) is 11.1. The number of nitrogens with one attached hydrogen (secondary N) is 2. The van der Waals surface area contributed by atoms with Crippen molar-refractivity contribution in [2.24, 2.45) is 5.92 Å². The van der Waals surface area contributed by atoms with Gasteiger partial charge < -0.3 is 15.8 Å². The monoisotopic (exact) mass is 213 g/mol. The third-order valence-corrected chi connectivity index (χ3v) is 1.70. The first-order chi connectivity index (χ1) is 7.18. The van der Waals surface area contributed by atoms with Crippen LogP contribution in [0.5, 0.6) is 0 Å². The Balaban J connectivity index is 1.98. The zero-order valence-corrected chi connectivity index (χ0v) is 9.29. The SMILES string of the molecule is CC(C)COCCCNc1n[nH]c(N)n1. The lowest BCUT2D eigenvalue weighted by molar-refractivity contribution is 0.110. The Morgan fingerprint density at radius 3 is 2.93 bits per heavy atom. The summed E-state index contributed by atoms with van der Waals surface area (Å²) in [6.45, 7) is 6.62. The van der Waals surface area contributed by atoms with Crippen LogP contribution in [0.4, 0.5) is 11.9 Å². The normalized spacial score (nSPS) is 10.9. The lowest BCUT2D eigenvalue weighted by atomic mass is 10.2. The van der Waals surface area contributed by atoms with E-state index in [1.807, 2.05) is 0 Å². The van der Waals surface area contributed by atoms with Crippen molar-refractivity contribution in [3.05, 3.63) is 0 Å². The molecule has 0 aliphatic rings. The molecule has 1 rings (SSSR count). The van der Waals surface area contributed by atoms with Gasteiger partial charge in [-0.1, -0.05) is 13.8 Å². The fourth-order valence-electron chi connectivity index (χ4n) is 1.05. The highest BCUT2D eigenvalue weighted by molar-refractivity contribution is 5.29.